The molecule has 1 saturated heterocycles. The number of hydrogen-bond acceptors (Lipinski definition) is 5. The monoisotopic (exact) mass is 294 g/mol. The first-order chi connectivity index (χ1) is 10.0. The van der Waals surface area contributed by atoms with Gasteiger partial charge in [-0.1, -0.05) is 19.0 Å². The highest BCUT2D eigenvalue weighted by molar-refractivity contribution is 4.88. The van der Waals surface area contributed by atoms with Crippen molar-refractivity contribution in [2.75, 3.05) is 19.6 Å². The van der Waals surface area contributed by atoms with Crippen molar-refractivity contribution in [2.45, 2.75) is 59.5 Å². The molecule has 2 heterocycles. The first kappa shape index (κ1) is 16.4. The van der Waals surface area contributed by atoms with Crippen molar-refractivity contribution in [3.63, 3.8) is 0 Å². The van der Waals surface area contributed by atoms with E-state index in [0.717, 1.165) is 50.2 Å². The number of aromatic nitrogens is 2. The number of hydrogen-bond donors (Lipinski definition) is 1. The maximum absolute atomic E-state index is 5.42. The Hall–Kier alpha value is -0.940. The average molecular weight is 294 g/mol. The second-order valence-corrected chi connectivity index (χ2v) is 6.92. The van der Waals surface area contributed by atoms with E-state index in [2.05, 4.69) is 48.1 Å². The Bertz CT molecular complexity index is 410. The van der Waals surface area contributed by atoms with Crippen molar-refractivity contribution in [2.24, 2.45) is 11.8 Å². The second-order valence-electron chi connectivity index (χ2n) is 6.92. The topological polar surface area (TPSA) is 54.2 Å². The third-order valence-corrected chi connectivity index (χ3v) is 4.12. The molecule has 0 radical (unpaired) electrons. The van der Waals surface area contributed by atoms with Gasteiger partial charge in [-0.15, -0.1) is 0 Å². The van der Waals surface area contributed by atoms with E-state index >= 15 is 0 Å². The summed E-state index contributed by atoms with van der Waals surface area (Å²) in [5, 5.41) is 7.52. The summed E-state index contributed by atoms with van der Waals surface area (Å²) in [5.41, 5.74) is 0. The summed E-state index contributed by atoms with van der Waals surface area (Å²) in [6.45, 7) is 13.0. The maximum Gasteiger partial charge on any atom is 0.240 e. The Morgan fingerprint density at radius 3 is 2.57 bits per heavy atom. The van der Waals surface area contributed by atoms with Gasteiger partial charge in [0.25, 0.3) is 0 Å². The normalized spacial score (nSPS) is 17.3. The molecule has 0 aromatic carbocycles. The number of nitrogens with one attached hydrogen (secondary N) is 1. The van der Waals surface area contributed by atoms with Gasteiger partial charge >= 0.3 is 0 Å². The summed E-state index contributed by atoms with van der Waals surface area (Å²) in [7, 11) is 0. The van der Waals surface area contributed by atoms with Gasteiger partial charge in [-0.05, 0) is 51.6 Å². The van der Waals surface area contributed by atoms with Crippen molar-refractivity contribution in [1.82, 2.24) is 20.4 Å². The Balaban J connectivity index is 1.90. The first-order valence-corrected chi connectivity index (χ1v) is 8.30. The minimum Gasteiger partial charge on any atom is -0.338 e. The zero-order valence-electron chi connectivity index (χ0n) is 13.9. The van der Waals surface area contributed by atoms with Gasteiger partial charge in [0.05, 0.1) is 6.54 Å². The lowest BCUT2D eigenvalue weighted by Gasteiger charge is -2.31. The molecule has 2 rings (SSSR count). The van der Waals surface area contributed by atoms with Gasteiger partial charge in [0, 0.05) is 19.0 Å². The molecule has 0 unspecified atom stereocenters. The van der Waals surface area contributed by atoms with Crippen LogP contribution < -0.4 is 5.32 Å². The highest BCUT2D eigenvalue weighted by atomic mass is 16.5. The molecule has 21 heavy (non-hydrogen) atoms. The molecular weight excluding hydrogens is 264 g/mol. The Kier molecular flexibility index (Phi) is 6.18. The van der Waals surface area contributed by atoms with Crippen LogP contribution in [0.2, 0.25) is 0 Å². The standard InChI is InChI=1S/C16H30N4O/c1-12(2)9-15-18-16(21-19-15)11-20(13(3)4)10-14-5-7-17-8-6-14/h12-14,17H,5-11H2,1-4H3. The molecule has 1 aliphatic heterocycles. The fourth-order valence-corrected chi connectivity index (χ4v) is 2.83. The molecule has 5 nitrogen and oxygen atoms in total. The van der Waals surface area contributed by atoms with Crippen molar-refractivity contribution >= 4 is 0 Å². The Morgan fingerprint density at radius 2 is 1.95 bits per heavy atom. The molecule has 1 N–H and O–H groups in total. The molecular formula is C16H30N4O. The molecule has 1 fully saturated rings. The van der Waals surface area contributed by atoms with Crippen LogP contribution in [0.3, 0.4) is 0 Å². The van der Waals surface area contributed by atoms with Gasteiger partial charge in [-0.2, -0.15) is 4.98 Å². The number of nitrogens with zero attached hydrogens (tertiary/aromatic N) is 3. The molecule has 0 spiro atoms. The Labute approximate surface area is 128 Å². The zero-order valence-corrected chi connectivity index (χ0v) is 13.9. The molecule has 5 heteroatoms. The fraction of sp³-hybridized carbons (Fsp3) is 0.875. The van der Waals surface area contributed by atoms with E-state index in [0.29, 0.717) is 12.0 Å². The van der Waals surface area contributed by atoms with Crippen LogP contribution in [-0.2, 0) is 13.0 Å². The predicted molar refractivity (Wildman–Crippen MR) is 84.0 cm³/mol. The van der Waals surface area contributed by atoms with Crippen LogP contribution in [0.25, 0.3) is 0 Å². The summed E-state index contributed by atoms with van der Waals surface area (Å²) in [6, 6.07) is 0.500. The number of piperidine rings is 1. The van der Waals surface area contributed by atoms with Gasteiger partial charge in [0.1, 0.15) is 0 Å². The van der Waals surface area contributed by atoms with Gasteiger partial charge in [-0.3, -0.25) is 4.90 Å². The lowest BCUT2D eigenvalue weighted by Crippen LogP contribution is -2.39. The van der Waals surface area contributed by atoms with Gasteiger partial charge in [0.2, 0.25) is 5.89 Å². The van der Waals surface area contributed by atoms with E-state index in [1.807, 2.05) is 0 Å². The van der Waals surface area contributed by atoms with Crippen molar-refractivity contribution in [3.05, 3.63) is 11.7 Å². The predicted octanol–water partition coefficient (Wildman–Crippen LogP) is 2.48. The van der Waals surface area contributed by atoms with E-state index in [-0.39, 0.29) is 0 Å². The first-order valence-electron chi connectivity index (χ1n) is 8.30. The van der Waals surface area contributed by atoms with Crippen LogP contribution in [0.4, 0.5) is 0 Å². The molecule has 0 saturated carbocycles. The maximum atomic E-state index is 5.42. The molecule has 0 bridgehead atoms. The molecule has 120 valence electrons. The summed E-state index contributed by atoms with van der Waals surface area (Å²) < 4.78 is 5.42. The third kappa shape index (κ3) is 5.40. The quantitative estimate of drug-likeness (QED) is 0.837. The van der Waals surface area contributed by atoms with Crippen LogP contribution in [0.5, 0.6) is 0 Å². The van der Waals surface area contributed by atoms with Gasteiger partial charge in [0.15, 0.2) is 5.82 Å². The minimum absolute atomic E-state index is 0.500. The molecule has 0 aliphatic carbocycles. The van der Waals surface area contributed by atoms with Crippen molar-refractivity contribution in [3.8, 4) is 0 Å². The fourth-order valence-electron chi connectivity index (χ4n) is 2.83. The molecule has 1 aromatic rings. The number of rotatable bonds is 7. The third-order valence-electron chi connectivity index (χ3n) is 4.12. The smallest absolute Gasteiger partial charge is 0.240 e. The SMILES string of the molecule is CC(C)Cc1noc(CN(CC2CCNCC2)C(C)C)n1. The Morgan fingerprint density at radius 1 is 1.24 bits per heavy atom. The van der Waals surface area contributed by atoms with Gasteiger partial charge < -0.3 is 9.84 Å². The zero-order chi connectivity index (χ0) is 15.2. The van der Waals surface area contributed by atoms with Crippen LogP contribution in [0, 0.1) is 11.8 Å². The lowest BCUT2D eigenvalue weighted by atomic mass is 9.97. The molecule has 1 aromatic heterocycles. The van der Waals surface area contributed by atoms with Crippen LogP contribution in [0.1, 0.15) is 52.3 Å². The van der Waals surface area contributed by atoms with Crippen LogP contribution in [-0.4, -0.2) is 40.7 Å². The van der Waals surface area contributed by atoms with Crippen LogP contribution in [0.15, 0.2) is 4.52 Å². The molecule has 0 amide bonds. The van der Waals surface area contributed by atoms with E-state index in [1.165, 1.54) is 12.8 Å². The van der Waals surface area contributed by atoms with E-state index in [1.54, 1.807) is 0 Å². The summed E-state index contributed by atoms with van der Waals surface area (Å²) >= 11 is 0. The second kappa shape index (κ2) is 7.90. The molecule has 1 aliphatic rings. The van der Waals surface area contributed by atoms with Crippen molar-refractivity contribution < 1.29 is 4.52 Å². The van der Waals surface area contributed by atoms with Gasteiger partial charge in [-0.25, -0.2) is 0 Å². The van der Waals surface area contributed by atoms with Crippen LogP contribution >= 0.6 is 0 Å². The lowest BCUT2D eigenvalue weighted by molar-refractivity contribution is 0.144. The summed E-state index contributed by atoms with van der Waals surface area (Å²) in [4.78, 5) is 6.99. The highest BCUT2D eigenvalue weighted by Crippen LogP contribution is 2.17. The van der Waals surface area contributed by atoms with E-state index < -0.39 is 0 Å². The van der Waals surface area contributed by atoms with E-state index in [9.17, 15) is 0 Å². The molecule has 0 atom stereocenters. The largest absolute Gasteiger partial charge is 0.338 e. The summed E-state index contributed by atoms with van der Waals surface area (Å²) in [5.74, 6) is 2.94. The minimum atomic E-state index is 0.500. The van der Waals surface area contributed by atoms with Crippen molar-refractivity contribution in [1.29, 1.82) is 0 Å². The average Bonchev–Trinajstić information content (AvgIpc) is 2.85. The van der Waals surface area contributed by atoms with E-state index in [4.69, 9.17) is 4.52 Å². The highest BCUT2D eigenvalue weighted by Gasteiger charge is 2.21. The summed E-state index contributed by atoms with van der Waals surface area (Å²) in [6.07, 6.45) is 3.43.